The van der Waals surface area contributed by atoms with E-state index >= 15 is 0 Å². The largest absolute Gasteiger partial charge is 0.357 e. The summed E-state index contributed by atoms with van der Waals surface area (Å²) < 4.78 is 0. The van der Waals surface area contributed by atoms with Gasteiger partial charge in [-0.2, -0.15) is 0 Å². The van der Waals surface area contributed by atoms with Crippen molar-refractivity contribution in [3.8, 4) is 0 Å². The van der Waals surface area contributed by atoms with E-state index in [0.717, 1.165) is 30.3 Å². The van der Waals surface area contributed by atoms with Gasteiger partial charge in [-0.3, -0.25) is 9.79 Å². The molecule has 5 nitrogen and oxygen atoms in total. The average Bonchev–Trinajstić information content (AvgIpc) is 3.08. The van der Waals surface area contributed by atoms with E-state index in [2.05, 4.69) is 34.8 Å². The molecule has 138 valence electrons. The van der Waals surface area contributed by atoms with Crippen LogP contribution >= 0.6 is 35.3 Å². The maximum Gasteiger partial charge on any atom is 0.261 e. The molecule has 1 aromatic rings. The summed E-state index contributed by atoms with van der Waals surface area (Å²) in [5.41, 5.74) is 0. The average molecular weight is 466 g/mol. The van der Waals surface area contributed by atoms with E-state index in [1.54, 1.807) is 0 Å². The van der Waals surface area contributed by atoms with Crippen molar-refractivity contribution in [3.63, 3.8) is 0 Å². The number of rotatable bonds is 11. The number of carbonyl (C=O) groups is 1. The van der Waals surface area contributed by atoms with Crippen LogP contribution in [0.2, 0.25) is 0 Å². The molecule has 0 aromatic carbocycles. The van der Waals surface area contributed by atoms with Crippen LogP contribution in [-0.4, -0.2) is 38.0 Å². The summed E-state index contributed by atoms with van der Waals surface area (Å²) in [5, 5.41) is 11.4. The van der Waals surface area contributed by atoms with Gasteiger partial charge in [0, 0.05) is 26.2 Å². The maximum atomic E-state index is 11.8. The van der Waals surface area contributed by atoms with Crippen LogP contribution in [0.25, 0.3) is 0 Å². The van der Waals surface area contributed by atoms with Crippen LogP contribution in [0.4, 0.5) is 0 Å². The monoisotopic (exact) mass is 466 g/mol. The minimum atomic E-state index is 0. The molecule has 7 heteroatoms. The molecule has 0 aliphatic heterocycles. The van der Waals surface area contributed by atoms with Gasteiger partial charge in [0.05, 0.1) is 4.88 Å². The molecule has 0 saturated heterocycles. The standard InChI is InChI=1S/C17H30N4OS.HI/c1-3-5-6-7-11-20-17(18-4-2)21-13-9-12-19-16(22)15-10-8-14-23-15;/h8,10,14H,3-7,9,11-13H2,1-2H3,(H,19,22)(H2,18,20,21);1H. The highest BCUT2D eigenvalue weighted by molar-refractivity contribution is 14.0. The molecular weight excluding hydrogens is 435 g/mol. The van der Waals surface area contributed by atoms with Crippen molar-refractivity contribution >= 4 is 47.2 Å². The van der Waals surface area contributed by atoms with Gasteiger partial charge in [-0.05, 0) is 31.2 Å². The van der Waals surface area contributed by atoms with Gasteiger partial charge in [0.2, 0.25) is 0 Å². The SMILES string of the molecule is CCCCCCNC(=NCCCNC(=O)c1cccs1)NCC.I. The minimum Gasteiger partial charge on any atom is -0.357 e. The predicted molar refractivity (Wildman–Crippen MR) is 115 cm³/mol. The number of carbonyl (C=O) groups excluding carboxylic acids is 1. The van der Waals surface area contributed by atoms with E-state index in [0.29, 0.717) is 13.1 Å². The Labute approximate surface area is 167 Å². The van der Waals surface area contributed by atoms with Gasteiger partial charge in [-0.1, -0.05) is 32.3 Å². The zero-order valence-electron chi connectivity index (χ0n) is 14.8. The van der Waals surface area contributed by atoms with Crippen molar-refractivity contribution in [3.05, 3.63) is 22.4 Å². The topological polar surface area (TPSA) is 65.5 Å². The second kappa shape index (κ2) is 15.7. The fraction of sp³-hybridized carbons (Fsp3) is 0.647. The summed E-state index contributed by atoms with van der Waals surface area (Å²) in [6, 6.07) is 3.72. The number of amides is 1. The second-order valence-electron chi connectivity index (χ2n) is 5.33. The second-order valence-corrected chi connectivity index (χ2v) is 6.28. The van der Waals surface area contributed by atoms with Gasteiger partial charge < -0.3 is 16.0 Å². The Kier molecular flexibility index (Phi) is 15.1. The molecular formula is C17H31IN4OS. The molecule has 0 aliphatic carbocycles. The minimum absolute atomic E-state index is 0. The van der Waals surface area contributed by atoms with Crippen LogP contribution < -0.4 is 16.0 Å². The molecule has 1 rings (SSSR count). The molecule has 1 heterocycles. The molecule has 0 spiro atoms. The van der Waals surface area contributed by atoms with E-state index in [-0.39, 0.29) is 29.9 Å². The third kappa shape index (κ3) is 10.9. The van der Waals surface area contributed by atoms with Crippen molar-refractivity contribution in [1.82, 2.24) is 16.0 Å². The van der Waals surface area contributed by atoms with Crippen LogP contribution in [0, 0.1) is 0 Å². The Hall–Kier alpha value is -0.830. The lowest BCUT2D eigenvalue weighted by atomic mass is 10.2. The van der Waals surface area contributed by atoms with E-state index in [1.165, 1.54) is 37.0 Å². The highest BCUT2D eigenvalue weighted by Crippen LogP contribution is 2.07. The molecule has 0 bridgehead atoms. The zero-order chi connectivity index (χ0) is 16.8. The highest BCUT2D eigenvalue weighted by atomic mass is 127. The molecule has 0 atom stereocenters. The van der Waals surface area contributed by atoms with Crippen molar-refractivity contribution in [1.29, 1.82) is 0 Å². The molecule has 0 fully saturated rings. The predicted octanol–water partition coefficient (Wildman–Crippen LogP) is 3.62. The summed E-state index contributed by atoms with van der Waals surface area (Å²) in [6.45, 7) is 7.45. The summed E-state index contributed by atoms with van der Waals surface area (Å²) in [5.74, 6) is 0.874. The van der Waals surface area contributed by atoms with Crippen molar-refractivity contribution in [2.75, 3.05) is 26.2 Å². The maximum absolute atomic E-state index is 11.8. The van der Waals surface area contributed by atoms with Crippen molar-refractivity contribution in [2.24, 2.45) is 4.99 Å². The Balaban J connectivity index is 0.00000529. The third-order valence-corrected chi connectivity index (χ3v) is 4.17. The first-order valence-corrected chi connectivity index (χ1v) is 9.49. The normalized spacial score (nSPS) is 10.8. The molecule has 0 aliphatic rings. The summed E-state index contributed by atoms with van der Waals surface area (Å²) in [4.78, 5) is 17.1. The molecule has 0 saturated carbocycles. The Morgan fingerprint density at radius 2 is 1.88 bits per heavy atom. The highest BCUT2D eigenvalue weighted by Gasteiger charge is 2.04. The van der Waals surface area contributed by atoms with Crippen LogP contribution in [0.5, 0.6) is 0 Å². The lowest BCUT2D eigenvalue weighted by Gasteiger charge is -2.11. The van der Waals surface area contributed by atoms with Gasteiger partial charge in [0.15, 0.2) is 5.96 Å². The Bertz CT molecular complexity index is 451. The molecule has 0 unspecified atom stereocenters. The fourth-order valence-corrected chi connectivity index (χ4v) is 2.71. The van der Waals surface area contributed by atoms with Gasteiger partial charge in [0.25, 0.3) is 5.91 Å². The number of hydrogen-bond donors (Lipinski definition) is 3. The number of guanidine groups is 1. The quantitative estimate of drug-likeness (QED) is 0.202. The van der Waals surface area contributed by atoms with Crippen LogP contribution in [0.15, 0.2) is 22.5 Å². The number of hydrogen-bond acceptors (Lipinski definition) is 3. The first kappa shape index (κ1) is 23.2. The summed E-state index contributed by atoms with van der Waals surface area (Å²) in [7, 11) is 0. The Morgan fingerprint density at radius 1 is 1.08 bits per heavy atom. The smallest absolute Gasteiger partial charge is 0.261 e. The number of aliphatic imine (C=N–C) groups is 1. The first-order chi connectivity index (χ1) is 11.3. The molecule has 24 heavy (non-hydrogen) atoms. The van der Waals surface area contributed by atoms with E-state index in [1.807, 2.05) is 17.5 Å². The first-order valence-electron chi connectivity index (χ1n) is 8.61. The van der Waals surface area contributed by atoms with Crippen LogP contribution in [0.3, 0.4) is 0 Å². The lowest BCUT2D eigenvalue weighted by Crippen LogP contribution is -2.38. The molecule has 0 radical (unpaired) electrons. The van der Waals surface area contributed by atoms with Gasteiger partial charge in [0.1, 0.15) is 0 Å². The Morgan fingerprint density at radius 3 is 2.54 bits per heavy atom. The number of unbranched alkanes of at least 4 members (excludes halogenated alkanes) is 3. The number of halogens is 1. The van der Waals surface area contributed by atoms with E-state index in [4.69, 9.17) is 0 Å². The fourth-order valence-electron chi connectivity index (χ4n) is 2.07. The number of thiophene rings is 1. The molecule has 3 N–H and O–H groups in total. The van der Waals surface area contributed by atoms with Crippen molar-refractivity contribution in [2.45, 2.75) is 46.0 Å². The number of nitrogens with zero attached hydrogens (tertiary/aromatic N) is 1. The van der Waals surface area contributed by atoms with Crippen LogP contribution in [0.1, 0.15) is 55.6 Å². The van der Waals surface area contributed by atoms with Crippen LogP contribution in [-0.2, 0) is 0 Å². The van der Waals surface area contributed by atoms with Crippen molar-refractivity contribution < 1.29 is 4.79 Å². The van der Waals surface area contributed by atoms with Gasteiger partial charge in [-0.25, -0.2) is 0 Å². The lowest BCUT2D eigenvalue weighted by molar-refractivity contribution is 0.0957. The van der Waals surface area contributed by atoms with E-state index in [9.17, 15) is 4.79 Å². The molecule has 1 amide bonds. The zero-order valence-corrected chi connectivity index (χ0v) is 17.9. The number of nitrogens with one attached hydrogen (secondary N) is 3. The van der Waals surface area contributed by atoms with E-state index < -0.39 is 0 Å². The summed E-state index contributed by atoms with van der Waals surface area (Å²) >= 11 is 1.46. The summed E-state index contributed by atoms with van der Waals surface area (Å²) in [6.07, 6.45) is 5.82. The van der Waals surface area contributed by atoms with Gasteiger partial charge in [-0.15, -0.1) is 35.3 Å². The van der Waals surface area contributed by atoms with Gasteiger partial charge >= 0.3 is 0 Å². The third-order valence-electron chi connectivity index (χ3n) is 3.30. The molecule has 1 aromatic heterocycles.